The number of benzene rings is 1. The lowest BCUT2D eigenvalue weighted by molar-refractivity contribution is -0.138. The Morgan fingerprint density at radius 1 is 1.24 bits per heavy atom. The van der Waals surface area contributed by atoms with E-state index in [1.165, 1.54) is 0 Å². The maximum atomic E-state index is 10.6. The number of furan rings is 1. The van der Waals surface area contributed by atoms with Crippen molar-refractivity contribution in [2.45, 2.75) is 12.5 Å². The fourth-order valence-electron chi connectivity index (χ4n) is 1.60. The van der Waals surface area contributed by atoms with Crippen molar-refractivity contribution in [3.8, 4) is 11.1 Å². The SMILES string of the molecule is N[C@@H](Cc1ccc(-c2ccoc2)cc1)C(=O)O. The Balaban J connectivity index is 2.11. The zero-order valence-electron chi connectivity index (χ0n) is 9.17. The molecular weight excluding hydrogens is 218 g/mol. The van der Waals surface area contributed by atoms with E-state index in [-0.39, 0.29) is 0 Å². The van der Waals surface area contributed by atoms with E-state index in [2.05, 4.69) is 0 Å². The lowest BCUT2D eigenvalue weighted by Gasteiger charge is -2.06. The first kappa shape index (κ1) is 11.4. The predicted octanol–water partition coefficient (Wildman–Crippen LogP) is 1.90. The van der Waals surface area contributed by atoms with Crippen LogP contribution in [0.5, 0.6) is 0 Å². The van der Waals surface area contributed by atoms with Crippen molar-refractivity contribution >= 4 is 5.97 Å². The zero-order chi connectivity index (χ0) is 12.3. The lowest BCUT2D eigenvalue weighted by atomic mass is 10.0. The molecule has 0 spiro atoms. The van der Waals surface area contributed by atoms with Crippen LogP contribution in [0, 0.1) is 0 Å². The number of nitrogens with two attached hydrogens (primary N) is 1. The van der Waals surface area contributed by atoms with E-state index in [0.717, 1.165) is 16.7 Å². The molecule has 3 N–H and O–H groups in total. The van der Waals surface area contributed by atoms with Gasteiger partial charge in [-0.2, -0.15) is 0 Å². The average molecular weight is 231 g/mol. The molecule has 1 heterocycles. The van der Waals surface area contributed by atoms with E-state index in [1.54, 1.807) is 12.5 Å². The Morgan fingerprint density at radius 2 is 1.94 bits per heavy atom. The average Bonchev–Trinajstić information content (AvgIpc) is 2.83. The van der Waals surface area contributed by atoms with E-state index in [4.69, 9.17) is 15.3 Å². The Hall–Kier alpha value is -2.07. The number of aliphatic carboxylic acids is 1. The van der Waals surface area contributed by atoms with Crippen molar-refractivity contribution in [2.24, 2.45) is 5.73 Å². The first-order valence-electron chi connectivity index (χ1n) is 5.26. The molecule has 0 unspecified atom stereocenters. The van der Waals surface area contributed by atoms with Gasteiger partial charge in [-0.05, 0) is 23.6 Å². The van der Waals surface area contributed by atoms with Crippen molar-refractivity contribution in [2.75, 3.05) is 0 Å². The summed E-state index contributed by atoms with van der Waals surface area (Å²) in [7, 11) is 0. The predicted molar refractivity (Wildman–Crippen MR) is 63.5 cm³/mol. The minimum absolute atomic E-state index is 0.334. The van der Waals surface area contributed by atoms with Gasteiger partial charge in [-0.1, -0.05) is 24.3 Å². The fourth-order valence-corrected chi connectivity index (χ4v) is 1.60. The van der Waals surface area contributed by atoms with Crippen LogP contribution >= 0.6 is 0 Å². The van der Waals surface area contributed by atoms with E-state index in [1.807, 2.05) is 30.3 Å². The minimum atomic E-state index is -0.982. The lowest BCUT2D eigenvalue weighted by Crippen LogP contribution is -2.32. The molecule has 1 atom stereocenters. The maximum Gasteiger partial charge on any atom is 0.320 e. The van der Waals surface area contributed by atoms with Crippen molar-refractivity contribution in [1.82, 2.24) is 0 Å². The summed E-state index contributed by atoms with van der Waals surface area (Å²) in [4.78, 5) is 10.6. The van der Waals surface area contributed by atoms with Crippen molar-refractivity contribution < 1.29 is 14.3 Å². The molecule has 0 radical (unpaired) electrons. The Bertz CT molecular complexity index is 488. The monoisotopic (exact) mass is 231 g/mol. The van der Waals surface area contributed by atoms with Gasteiger partial charge >= 0.3 is 5.97 Å². The topological polar surface area (TPSA) is 76.5 Å². The molecule has 0 amide bonds. The number of carboxylic acids is 1. The number of hydrogen-bond acceptors (Lipinski definition) is 3. The van der Waals surface area contributed by atoms with Crippen LogP contribution < -0.4 is 5.73 Å². The molecule has 0 bridgehead atoms. The van der Waals surface area contributed by atoms with E-state index in [9.17, 15) is 4.79 Å². The summed E-state index contributed by atoms with van der Waals surface area (Å²) in [5, 5.41) is 8.71. The summed E-state index contributed by atoms with van der Waals surface area (Å²) in [5.74, 6) is -0.982. The third-order valence-electron chi connectivity index (χ3n) is 2.58. The van der Waals surface area contributed by atoms with Crippen molar-refractivity contribution in [1.29, 1.82) is 0 Å². The van der Waals surface area contributed by atoms with E-state index in [0.29, 0.717) is 6.42 Å². The van der Waals surface area contributed by atoms with Crippen LogP contribution in [0.4, 0.5) is 0 Å². The summed E-state index contributed by atoms with van der Waals surface area (Å²) in [6.07, 6.45) is 3.61. The second-order valence-corrected chi connectivity index (χ2v) is 3.86. The number of carboxylic acid groups (broad SMARTS) is 1. The molecule has 0 aliphatic carbocycles. The van der Waals surface area contributed by atoms with Gasteiger partial charge in [0.25, 0.3) is 0 Å². The third kappa shape index (κ3) is 2.73. The highest BCUT2D eigenvalue weighted by Crippen LogP contribution is 2.20. The van der Waals surface area contributed by atoms with Crippen LogP contribution in [0.1, 0.15) is 5.56 Å². The fraction of sp³-hybridized carbons (Fsp3) is 0.154. The van der Waals surface area contributed by atoms with Crippen LogP contribution in [-0.2, 0) is 11.2 Å². The second kappa shape index (κ2) is 4.84. The molecule has 2 rings (SSSR count). The first-order valence-corrected chi connectivity index (χ1v) is 5.26. The van der Waals surface area contributed by atoms with Crippen molar-refractivity contribution in [3.05, 3.63) is 48.4 Å². The van der Waals surface area contributed by atoms with Crippen LogP contribution in [0.15, 0.2) is 47.3 Å². The quantitative estimate of drug-likeness (QED) is 0.842. The highest BCUT2D eigenvalue weighted by molar-refractivity contribution is 5.73. The smallest absolute Gasteiger partial charge is 0.320 e. The van der Waals surface area contributed by atoms with Gasteiger partial charge in [0.1, 0.15) is 6.04 Å². The molecule has 1 aromatic heterocycles. The van der Waals surface area contributed by atoms with E-state index < -0.39 is 12.0 Å². The molecule has 88 valence electrons. The van der Waals surface area contributed by atoms with E-state index >= 15 is 0 Å². The van der Waals surface area contributed by atoms with Crippen LogP contribution in [0.3, 0.4) is 0 Å². The molecule has 1 aromatic carbocycles. The van der Waals surface area contributed by atoms with Gasteiger partial charge in [0.2, 0.25) is 0 Å². The Morgan fingerprint density at radius 3 is 2.47 bits per heavy atom. The highest BCUT2D eigenvalue weighted by Gasteiger charge is 2.11. The van der Waals surface area contributed by atoms with Gasteiger partial charge in [0, 0.05) is 5.56 Å². The van der Waals surface area contributed by atoms with Gasteiger partial charge in [-0.15, -0.1) is 0 Å². The molecule has 0 saturated carbocycles. The molecule has 0 aliphatic rings. The Labute approximate surface area is 98.7 Å². The molecule has 4 heteroatoms. The van der Waals surface area contributed by atoms with Crippen LogP contribution in [0.2, 0.25) is 0 Å². The zero-order valence-corrected chi connectivity index (χ0v) is 9.17. The molecular formula is C13H13NO3. The molecule has 2 aromatic rings. The van der Waals surface area contributed by atoms with Gasteiger partial charge in [-0.3, -0.25) is 4.79 Å². The standard InChI is InChI=1S/C13H13NO3/c14-12(13(15)16)7-9-1-3-10(4-2-9)11-5-6-17-8-11/h1-6,8,12H,7,14H2,(H,15,16)/t12-/m0/s1. The maximum absolute atomic E-state index is 10.6. The summed E-state index contributed by atoms with van der Waals surface area (Å²) < 4.78 is 5.00. The Kier molecular flexibility index (Phi) is 3.25. The largest absolute Gasteiger partial charge is 0.480 e. The van der Waals surface area contributed by atoms with Gasteiger partial charge in [-0.25, -0.2) is 0 Å². The van der Waals surface area contributed by atoms with Gasteiger partial charge in [0.05, 0.1) is 12.5 Å². The summed E-state index contributed by atoms with van der Waals surface area (Å²) >= 11 is 0. The highest BCUT2D eigenvalue weighted by atomic mass is 16.4. The second-order valence-electron chi connectivity index (χ2n) is 3.86. The van der Waals surface area contributed by atoms with Crippen molar-refractivity contribution in [3.63, 3.8) is 0 Å². The molecule has 0 saturated heterocycles. The van der Waals surface area contributed by atoms with Gasteiger partial charge in [0.15, 0.2) is 0 Å². The minimum Gasteiger partial charge on any atom is -0.480 e. The summed E-state index contributed by atoms with van der Waals surface area (Å²) in [6.45, 7) is 0. The first-order chi connectivity index (χ1) is 8.16. The van der Waals surface area contributed by atoms with Gasteiger partial charge < -0.3 is 15.3 Å². The molecule has 0 fully saturated rings. The molecule has 0 aliphatic heterocycles. The third-order valence-corrected chi connectivity index (χ3v) is 2.58. The van der Waals surface area contributed by atoms with Crippen LogP contribution in [0.25, 0.3) is 11.1 Å². The summed E-state index contributed by atoms with van der Waals surface area (Å²) in [5.41, 5.74) is 8.41. The summed E-state index contributed by atoms with van der Waals surface area (Å²) in [6, 6.07) is 8.63. The number of hydrogen-bond donors (Lipinski definition) is 2. The molecule has 4 nitrogen and oxygen atoms in total. The number of rotatable bonds is 4. The number of carbonyl (C=O) groups is 1. The normalized spacial score (nSPS) is 12.3. The van der Waals surface area contributed by atoms with Crippen LogP contribution in [-0.4, -0.2) is 17.1 Å². The molecule has 17 heavy (non-hydrogen) atoms.